The molecule has 0 amide bonds. The quantitative estimate of drug-likeness (QED) is 0.339. The Bertz CT molecular complexity index is 1450. The van der Waals surface area contributed by atoms with Crippen molar-refractivity contribution in [2.24, 2.45) is 0 Å². The van der Waals surface area contributed by atoms with Crippen molar-refractivity contribution < 1.29 is 0 Å². The van der Waals surface area contributed by atoms with Crippen LogP contribution in [-0.2, 0) is 0 Å². The first-order valence-electron chi connectivity index (χ1n) is 10.0. The summed E-state index contributed by atoms with van der Waals surface area (Å²) in [6, 6.07) is 24.0. The Morgan fingerprint density at radius 1 is 0.793 bits per heavy atom. The summed E-state index contributed by atoms with van der Waals surface area (Å²) in [6.07, 6.45) is 14.1. The lowest BCUT2D eigenvalue weighted by Crippen LogP contribution is -1.93. The largest absolute Gasteiger partial charge is 0.353 e. The fourth-order valence-electron chi connectivity index (χ4n) is 4.34. The van der Waals surface area contributed by atoms with E-state index in [1.54, 1.807) is 0 Å². The van der Waals surface area contributed by atoms with Crippen LogP contribution in [0.5, 0.6) is 0 Å². The zero-order valence-corrected chi connectivity index (χ0v) is 16.0. The lowest BCUT2D eigenvalue weighted by Gasteiger charge is -2.09. The second-order valence-corrected chi connectivity index (χ2v) is 7.52. The molecule has 1 aliphatic carbocycles. The molecule has 0 unspecified atom stereocenters. The van der Waals surface area contributed by atoms with E-state index < -0.39 is 0 Å². The fourth-order valence-corrected chi connectivity index (χ4v) is 4.34. The van der Waals surface area contributed by atoms with E-state index in [-0.39, 0.29) is 0 Å². The van der Waals surface area contributed by atoms with E-state index in [1.165, 1.54) is 49.5 Å². The zero-order chi connectivity index (χ0) is 19.2. The van der Waals surface area contributed by atoms with Crippen molar-refractivity contribution in [3.05, 3.63) is 109 Å². The van der Waals surface area contributed by atoms with Gasteiger partial charge in [0.15, 0.2) is 0 Å². The number of benzene rings is 3. The van der Waals surface area contributed by atoms with Gasteiger partial charge in [-0.05, 0) is 41.8 Å². The van der Waals surface area contributed by atoms with Crippen molar-refractivity contribution in [3.63, 3.8) is 0 Å². The summed E-state index contributed by atoms with van der Waals surface area (Å²) < 4.78 is 2.29. The Morgan fingerprint density at radius 3 is 2.62 bits per heavy atom. The maximum absolute atomic E-state index is 3.64. The maximum atomic E-state index is 3.64. The minimum absolute atomic E-state index is 0.994. The highest BCUT2D eigenvalue weighted by atomic mass is 15.0. The molecule has 6 rings (SSSR count). The smallest absolute Gasteiger partial charge is 0.0771 e. The van der Waals surface area contributed by atoms with Crippen LogP contribution in [0.4, 0.5) is 0 Å². The predicted octanol–water partition coefficient (Wildman–Crippen LogP) is 7.16. The van der Waals surface area contributed by atoms with E-state index in [2.05, 4.69) is 113 Å². The molecule has 0 spiro atoms. The van der Waals surface area contributed by atoms with Crippen LogP contribution in [0.2, 0.25) is 0 Å². The third-order valence-electron chi connectivity index (χ3n) is 5.79. The molecule has 138 valence electrons. The molecule has 2 heteroatoms. The van der Waals surface area contributed by atoms with Crippen molar-refractivity contribution in [1.82, 2.24) is 9.55 Å². The van der Waals surface area contributed by atoms with Gasteiger partial charge in [0.25, 0.3) is 0 Å². The first-order valence-corrected chi connectivity index (χ1v) is 10.0. The van der Waals surface area contributed by atoms with E-state index in [1.807, 2.05) is 0 Å². The minimum atomic E-state index is 0.994. The number of allylic oxidation sites excluding steroid dienone is 6. The Kier molecular flexibility index (Phi) is 3.57. The summed E-state index contributed by atoms with van der Waals surface area (Å²) in [5.74, 6) is 0. The molecule has 0 fully saturated rings. The number of rotatable bonds is 2. The number of hydrogen-bond acceptors (Lipinski definition) is 0. The minimum Gasteiger partial charge on any atom is -0.353 e. The molecule has 0 saturated carbocycles. The molecule has 2 aromatic heterocycles. The highest BCUT2D eigenvalue weighted by Crippen LogP contribution is 2.33. The number of aromatic nitrogens is 2. The van der Waals surface area contributed by atoms with Gasteiger partial charge in [-0.2, -0.15) is 0 Å². The summed E-state index contributed by atoms with van der Waals surface area (Å²) in [5.41, 5.74) is 7.26. The van der Waals surface area contributed by atoms with Crippen LogP contribution in [0.1, 0.15) is 12.0 Å². The van der Waals surface area contributed by atoms with Crippen LogP contribution in [0.3, 0.4) is 0 Å². The van der Waals surface area contributed by atoms with Gasteiger partial charge < -0.3 is 9.55 Å². The van der Waals surface area contributed by atoms with Crippen molar-refractivity contribution in [2.45, 2.75) is 6.42 Å². The van der Waals surface area contributed by atoms with Gasteiger partial charge in [-0.3, -0.25) is 0 Å². The summed E-state index contributed by atoms with van der Waals surface area (Å²) >= 11 is 0. The molecule has 0 aliphatic heterocycles. The van der Waals surface area contributed by atoms with E-state index in [0.29, 0.717) is 0 Å². The Balaban J connectivity index is 1.52. The average Bonchev–Trinajstić information content (AvgIpc) is 3.25. The molecule has 1 N–H and O–H groups in total. The van der Waals surface area contributed by atoms with Crippen LogP contribution < -0.4 is 0 Å². The number of aromatic amines is 1. The normalized spacial score (nSPS) is 14.0. The first kappa shape index (κ1) is 16.2. The number of hydrogen-bond donors (Lipinski definition) is 1. The molecule has 0 saturated heterocycles. The monoisotopic (exact) mass is 372 g/mol. The van der Waals surface area contributed by atoms with Crippen LogP contribution in [0, 0.1) is 0 Å². The average molecular weight is 372 g/mol. The fraction of sp³-hybridized carbons (Fsp3) is 0.0370. The SMILES string of the molecule is C1=CCC=CC(c2ccc(-n3ccc4ccc5c6ccccc6[nH]c5c43)cc2)=C1. The van der Waals surface area contributed by atoms with Gasteiger partial charge in [-0.1, -0.05) is 72.8 Å². The number of fused-ring (bicyclic) bond motifs is 5. The topological polar surface area (TPSA) is 20.7 Å². The van der Waals surface area contributed by atoms with Crippen LogP contribution in [0.25, 0.3) is 44.0 Å². The molecule has 0 bridgehead atoms. The summed E-state index contributed by atoms with van der Waals surface area (Å²) in [6.45, 7) is 0. The van der Waals surface area contributed by atoms with Gasteiger partial charge >= 0.3 is 0 Å². The van der Waals surface area contributed by atoms with Gasteiger partial charge in [0.05, 0.1) is 11.0 Å². The second kappa shape index (κ2) is 6.39. The van der Waals surface area contributed by atoms with Crippen molar-refractivity contribution in [3.8, 4) is 5.69 Å². The number of H-pyrrole nitrogens is 1. The first-order chi connectivity index (χ1) is 14.4. The maximum Gasteiger partial charge on any atom is 0.0771 e. The van der Waals surface area contributed by atoms with Crippen LogP contribution in [-0.4, -0.2) is 9.55 Å². The van der Waals surface area contributed by atoms with E-state index in [4.69, 9.17) is 0 Å². The molecule has 2 nitrogen and oxygen atoms in total. The molecule has 29 heavy (non-hydrogen) atoms. The van der Waals surface area contributed by atoms with Crippen molar-refractivity contribution in [2.75, 3.05) is 0 Å². The molecule has 5 aromatic rings. The van der Waals surface area contributed by atoms with Crippen molar-refractivity contribution in [1.29, 1.82) is 0 Å². The Labute approximate surface area is 169 Å². The van der Waals surface area contributed by atoms with Gasteiger partial charge in [0, 0.05) is 33.6 Å². The molecule has 0 atom stereocenters. The van der Waals surface area contributed by atoms with E-state index >= 15 is 0 Å². The van der Waals surface area contributed by atoms with E-state index in [0.717, 1.165) is 6.42 Å². The van der Waals surface area contributed by atoms with Gasteiger partial charge in [-0.15, -0.1) is 0 Å². The molecule has 0 radical (unpaired) electrons. The highest BCUT2D eigenvalue weighted by molar-refractivity contribution is 6.16. The lowest BCUT2D eigenvalue weighted by molar-refractivity contribution is 1.13. The molecular formula is C27H20N2. The third kappa shape index (κ3) is 2.57. The summed E-state index contributed by atoms with van der Waals surface area (Å²) in [7, 11) is 0. The Morgan fingerprint density at radius 2 is 1.69 bits per heavy atom. The molecule has 3 aromatic carbocycles. The highest BCUT2D eigenvalue weighted by Gasteiger charge is 2.12. The van der Waals surface area contributed by atoms with Gasteiger partial charge in [0.2, 0.25) is 0 Å². The zero-order valence-electron chi connectivity index (χ0n) is 16.0. The molecular weight excluding hydrogens is 352 g/mol. The van der Waals surface area contributed by atoms with Gasteiger partial charge in [-0.25, -0.2) is 0 Å². The van der Waals surface area contributed by atoms with Crippen molar-refractivity contribution >= 4 is 38.3 Å². The third-order valence-corrected chi connectivity index (χ3v) is 5.79. The Hall–Kier alpha value is -3.78. The second-order valence-electron chi connectivity index (χ2n) is 7.52. The predicted molar refractivity (Wildman–Crippen MR) is 124 cm³/mol. The number of nitrogens with one attached hydrogen (secondary N) is 1. The van der Waals surface area contributed by atoms with Crippen LogP contribution in [0.15, 0.2) is 103 Å². The van der Waals surface area contributed by atoms with E-state index in [9.17, 15) is 0 Å². The van der Waals surface area contributed by atoms with Crippen LogP contribution >= 0.6 is 0 Å². The summed E-state index contributed by atoms with van der Waals surface area (Å²) in [5, 5.41) is 3.78. The summed E-state index contributed by atoms with van der Waals surface area (Å²) in [4.78, 5) is 3.64. The molecule has 2 heterocycles. The number of para-hydroxylation sites is 1. The van der Waals surface area contributed by atoms with Gasteiger partial charge in [0.1, 0.15) is 0 Å². The standard InChI is InChI=1S/C27H20N2/c1-2-4-8-19(7-3-1)20-11-14-22(15-12-20)29-18-17-21-13-16-24-23-9-5-6-10-25(23)28-26(24)27(21)29/h1,3-18,28H,2H2. The number of nitrogens with zero attached hydrogens (tertiary/aromatic N) is 1. The molecule has 1 aliphatic rings. The lowest BCUT2D eigenvalue weighted by atomic mass is 10.0.